The van der Waals surface area contributed by atoms with Crippen LogP contribution in [0.4, 0.5) is 0 Å². The zero-order chi connectivity index (χ0) is 21.0. The minimum Gasteiger partial charge on any atom is -0.496 e. The minimum atomic E-state index is -0.876. The molecule has 0 amide bonds. The van der Waals surface area contributed by atoms with E-state index in [1.54, 1.807) is 19.2 Å². The summed E-state index contributed by atoms with van der Waals surface area (Å²) in [6.45, 7) is 7.78. The van der Waals surface area contributed by atoms with Gasteiger partial charge in [0.2, 0.25) is 0 Å². The van der Waals surface area contributed by atoms with Crippen molar-refractivity contribution in [3.63, 3.8) is 0 Å². The van der Waals surface area contributed by atoms with Gasteiger partial charge in [-0.15, -0.1) is 0 Å². The molecule has 2 heterocycles. The summed E-state index contributed by atoms with van der Waals surface area (Å²) < 4.78 is 5.53. The van der Waals surface area contributed by atoms with Crippen LogP contribution in [-0.2, 0) is 13.1 Å². The molecule has 0 saturated carbocycles. The van der Waals surface area contributed by atoms with E-state index in [9.17, 15) is 9.90 Å². The third kappa shape index (κ3) is 5.14. The number of carbonyl (C=O) groups is 1. The van der Waals surface area contributed by atoms with E-state index in [1.165, 1.54) is 0 Å². The topological polar surface area (TPSA) is 65.9 Å². The minimum absolute atomic E-state index is 0.349. The normalized spacial score (nSPS) is 15.6. The molecule has 0 atom stereocenters. The number of hydrogen-bond acceptors (Lipinski definition) is 5. The average molecular weight is 398 g/mol. The summed E-state index contributed by atoms with van der Waals surface area (Å²) in [4.78, 5) is 20.6. The number of carboxylic acids is 1. The van der Waals surface area contributed by atoms with Gasteiger partial charge in [-0.2, -0.15) is 0 Å². The Balaban J connectivity index is 1.55. The van der Waals surface area contributed by atoms with Gasteiger partial charge in [0.05, 0.1) is 18.4 Å². The molecule has 0 spiro atoms. The molecular weight excluding hydrogens is 366 g/mol. The molecule has 156 valence electrons. The van der Waals surface area contributed by atoms with Gasteiger partial charge in [-0.1, -0.05) is 12.1 Å². The van der Waals surface area contributed by atoms with Gasteiger partial charge in [0.1, 0.15) is 5.75 Å². The fourth-order valence-electron chi connectivity index (χ4n) is 4.18. The predicted molar refractivity (Wildman–Crippen MR) is 113 cm³/mol. The zero-order valence-corrected chi connectivity index (χ0v) is 17.8. The smallest absolute Gasteiger partial charge is 0.335 e. The van der Waals surface area contributed by atoms with Gasteiger partial charge in [0, 0.05) is 49.5 Å². The van der Waals surface area contributed by atoms with E-state index < -0.39 is 5.97 Å². The Morgan fingerprint density at radius 2 is 2.03 bits per heavy atom. The van der Waals surface area contributed by atoms with Gasteiger partial charge >= 0.3 is 5.97 Å². The summed E-state index contributed by atoms with van der Waals surface area (Å²) in [7, 11) is 3.84. The summed E-state index contributed by atoms with van der Waals surface area (Å²) >= 11 is 0. The molecule has 0 aliphatic carbocycles. The van der Waals surface area contributed by atoms with Crippen LogP contribution < -0.4 is 4.74 Å². The Bertz CT molecular complexity index is 860. The number of hydrogen-bond donors (Lipinski definition) is 1. The second-order valence-corrected chi connectivity index (χ2v) is 7.97. The van der Waals surface area contributed by atoms with Gasteiger partial charge in [-0.05, 0) is 51.4 Å². The van der Waals surface area contributed by atoms with Crippen LogP contribution in [0.15, 0.2) is 30.5 Å². The lowest BCUT2D eigenvalue weighted by molar-refractivity contribution is 0.0696. The summed E-state index contributed by atoms with van der Waals surface area (Å²) in [5, 5.41) is 9.18. The number of aromatic carboxylic acids is 1. The number of benzene rings is 1. The molecule has 0 bridgehead atoms. The summed E-state index contributed by atoms with van der Waals surface area (Å²) in [5.41, 5.74) is 4.68. The first kappa shape index (κ1) is 21.3. The van der Waals surface area contributed by atoms with Crippen LogP contribution in [0.1, 0.15) is 45.6 Å². The Morgan fingerprint density at radius 3 is 2.69 bits per heavy atom. The van der Waals surface area contributed by atoms with E-state index in [0.717, 1.165) is 67.2 Å². The molecule has 29 heavy (non-hydrogen) atoms. The van der Waals surface area contributed by atoms with E-state index in [0.29, 0.717) is 11.6 Å². The molecule has 6 heteroatoms. The van der Waals surface area contributed by atoms with Crippen molar-refractivity contribution in [3.05, 3.63) is 58.4 Å². The van der Waals surface area contributed by atoms with E-state index in [2.05, 4.69) is 28.8 Å². The highest BCUT2D eigenvalue weighted by Gasteiger charge is 2.24. The number of rotatable bonds is 7. The van der Waals surface area contributed by atoms with Crippen molar-refractivity contribution in [1.82, 2.24) is 14.8 Å². The molecule has 3 rings (SSSR count). The first-order valence-corrected chi connectivity index (χ1v) is 10.1. The standard InChI is InChI=1S/C23H31N3O3/c1-16-13-24-21(17(2)22(16)29-4)15-26-10-8-20(9-11-26)25(3)14-18-6-5-7-19(12-18)23(27)28/h5-7,12-13,20H,8-11,14-15H2,1-4H3,(H,27,28). The van der Waals surface area contributed by atoms with Crippen LogP contribution in [0.2, 0.25) is 0 Å². The number of piperidine rings is 1. The lowest BCUT2D eigenvalue weighted by atomic mass is 10.0. The molecule has 1 aromatic heterocycles. The molecule has 1 fully saturated rings. The van der Waals surface area contributed by atoms with Gasteiger partial charge in [0.25, 0.3) is 0 Å². The molecule has 1 saturated heterocycles. The van der Waals surface area contributed by atoms with Crippen LogP contribution in [0.3, 0.4) is 0 Å². The van der Waals surface area contributed by atoms with Crippen LogP contribution in [0.25, 0.3) is 0 Å². The maximum Gasteiger partial charge on any atom is 0.335 e. The lowest BCUT2D eigenvalue weighted by Gasteiger charge is -2.37. The number of aryl methyl sites for hydroxylation is 1. The van der Waals surface area contributed by atoms with Crippen molar-refractivity contribution < 1.29 is 14.6 Å². The molecular formula is C23H31N3O3. The second kappa shape index (κ2) is 9.37. The molecule has 2 aromatic rings. The SMILES string of the molecule is COc1c(C)cnc(CN2CCC(N(C)Cc3cccc(C(=O)O)c3)CC2)c1C. The molecule has 1 aliphatic rings. The Morgan fingerprint density at radius 1 is 1.31 bits per heavy atom. The van der Waals surface area contributed by atoms with Gasteiger partial charge in [-0.25, -0.2) is 4.79 Å². The second-order valence-electron chi connectivity index (χ2n) is 7.97. The number of ether oxygens (including phenoxy) is 1. The highest BCUT2D eigenvalue weighted by molar-refractivity contribution is 5.87. The van der Waals surface area contributed by atoms with Crippen molar-refractivity contribution in [2.75, 3.05) is 27.2 Å². The van der Waals surface area contributed by atoms with E-state index in [1.807, 2.05) is 25.3 Å². The summed E-state index contributed by atoms with van der Waals surface area (Å²) in [6, 6.07) is 7.73. The molecule has 1 aliphatic heterocycles. The van der Waals surface area contributed by atoms with Crippen molar-refractivity contribution >= 4 is 5.97 Å². The number of aromatic nitrogens is 1. The zero-order valence-electron chi connectivity index (χ0n) is 17.8. The number of carboxylic acid groups (broad SMARTS) is 1. The molecule has 6 nitrogen and oxygen atoms in total. The number of nitrogens with zero attached hydrogens (tertiary/aromatic N) is 3. The van der Waals surface area contributed by atoms with Crippen molar-refractivity contribution in [3.8, 4) is 5.75 Å². The van der Waals surface area contributed by atoms with E-state index in [-0.39, 0.29) is 0 Å². The Kier molecular flexibility index (Phi) is 6.87. The first-order chi connectivity index (χ1) is 13.9. The fourth-order valence-corrected chi connectivity index (χ4v) is 4.18. The maximum atomic E-state index is 11.2. The van der Waals surface area contributed by atoms with Gasteiger partial charge in [0.15, 0.2) is 0 Å². The Hall–Kier alpha value is -2.44. The van der Waals surface area contributed by atoms with Crippen LogP contribution >= 0.6 is 0 Å². The van der Waals surface area contributed by atoms with Crippen molar-refractivity contribution in [2.45, 2.75) is 45.8 Å². The van der Waals surface area contributed by atoms with Crippen LogP contribution in [0.5, 0.6) is 5.75 Å². The maximum absolute atomic E-state index is 11.2. The third-order valence-electron chi connectivity index (χ3n) is 5.91. The predicted octanol–water partition coefficient (Wildman–Crippen LogP) is 3.50. The van der Waals surface area contributed by atoms with Crippen LogP contribution in [-0.4, -0.2) is 59.1 Å². The quantitative estimate of drug-likeness (QED) is 0.771. The first-order valence-electron chi connectivity index (χ1n) is 10.1. The lowest BCUT2D eigenvalue weighted by Crippen LogP contribution is -2.42. The molecule has 1 N–H and O–H groups in total. The largest absolute Gasteiger partial charge is 0.496 e. The van der Waals surface area contributed by atoms with Gasteiger partial charge < -0.3 is 9.84 Å². The molecule has 0 unspecified atom stereocenters. The monoisotopic (exact) mass is 397 g/mol. The highest BCUT2D eigenvalue weighted by atomic mass is 16.5. The summed E-state index contributed by atoms with van der Waals surface area (Å²) in [6.07, 6.45) is 4.08. The van der Waals surface area contributed by atoms with Crippen LogP contribution in [0, 0.1) is 13.8 Å². The van der Waals surface area contributed by atoms with E-state index in [4.69, 9.17) is 4.74 Å². The molecule has 1 aromatic carbocycles. The summed E-state index contributed by atoms with van der Waals surface area (Å²) in [5.74, 6) is 0.0626. The molecule has 0 radical (unpaired) electrons. The number of likely N-dealkylation sites (tertiary alicyclic amines) is 1. The van der Waals surface area contributed by atoms with Gasteiger partial charge in [-0.3, -0.25) is 14.8 Å². The average Bonchev–Trinajstić information content (AvgIpc) is 2.71. The van der Waals surface area contributed by atoms with Crippen molar-refractivity contribution in [2.24, 2.45) is 0 Å². The Labute approximate surface area is 173 Å². The number of methoxy groups -OCH3 is 1. The van der Waals surface area contributed by atoms with Crippen molar-refractivity contribution in [1.29, 1.82) is 0 Å². The third-order valence-corrected chi connectivity index (χ3v) is 5.91. The number of pyridine rings is 1. The van der Waals surface area contributed by atoms with E-state index >= 15 is 0 Å². The highest BCUT2D eigenvalue weighted by Crippen LogP contribution is 2.26. The fraction of sp³-hybridized carbons (Fsp3) is 0.478.